The van der Waals surface area contributed by atoms with Gasteiger partial charge >= 0.3 is 0 Å². The molecule has 3 unspecified atom stereocenters. The van der Waals surface area contributed by atoms with Crippen LogP contribution in [0.1, 0.15) is 75.3 Å². The molecule has 2 saturated carbocycles. The SMILES string of the molecule is COc1cccc(C23CCN(CC4CC4)CC2(O)CCC(N(C)C(=O)CCCCCc2ccccc2)C3)c1. The second-order valence-electron chi connectivity index (χ2n) is 12.2. The lowest BCUT2D eigenvalue weighted by Gasteiger charge is -2.59. The molecule has 5 heteroatoms. The van der Waals surface area contributed by atoms with Crippen molar-refractivity contribution >= 4 is 5.91 Å². The topological polar surface area (TPSA) is 53.0 Å². The zero-order valence-corrected chi connectivity index (χ0v) is 23.4. The molecule has 0 bridgehead atoms. The Bertz CT molecular complexity index is 1070. The minimum Gasteiger partial charge on any atom is -0.497 e. The van der Waals surface area contributed by atoms with E-state index in [1.165, 1.54) is 18.4 Å². The normalized spacial score (nSPS) is 27.5. The Kier molecular flexibility index (Phi) is 8.44. The van der Waals surface area contributed by atoms with Crippen molar-refractivity contribution in [2.45, 2.75) is 87.7 Å². The van der Waals surface area contributed by atoms with Gasteiger partial charge in [-0.25, -0.2) is 0 Å². The monoisotopic (exact) mass is 518 g/mol. The van der Waals surface area contributed by atoms with Crippen molar-refractivity contribution in [2.24, 2.45) is 5.92 Å². The Hall–Kier alpha value is -2.37. The molecule has 3 fully saturated rings. The summed E-state index contributed by atoms with van der Waals surface area (Å²) in [7, 11) is 3.69. The number of ether oxygens (including phenoxy) is 1. The fraction of sp³-hybridized carbons (Fsp3) is 0.606. The number of carbonyl (C=O) groups is 1. The van der Waals surface area contributed by atoms with Crippen LogP contribution in [-0.4, -0.2) is 66.2 Å². The highest BCUT2D eigenvalue weighted by Crippen LogP contribution is 2.53. The standard InChI is InChI=1S/C33H46N2O3/c1-34(31(36)15-8-4-7-12-26-10-5-3-6-11-26)29-18-19-33(37)25-35(24-27-16-17-27)21-20-32(33,23-29)28-13-9-14-30(22-28)38-2/h3,5-6,9-11,13-14,22,27,29,37H,4,7-8,12,15-21,23-25H2,1-2H3. The molecule has 1 aliphatic heterocycles. The van der Waals surface area contributed by atoms with Gasteiger partial charge in [0.25, 0.3) is 0 Å². The van der Waals surface area contributed by atoms with Crippen LogP contribution in [-0.2, 0) is 16.6 Å². The number of fused-ring (bicyclic) bond motifs is 1. The Balaban J connectivity index is 1.24. The molecule has 1 heterocycles. The molecule has 5 rings (SSSR count). The average molecular weight is 519 g/mol. The number of likely N-dealkylation sites (tertiary alicyclic amines) is 1. The zero-order valence-electron chi connectivity index (χ0n) is 23.4. The van der Waals surface area contributed by atoms with Crippen LogP contribution in [0.3, 0.4) is 0 Å². The van der Waals surface area contributed by atoms with Crippen molar-refractivity contribution in [3.8, 4) is 5.75 Å². The molecule has 0 spiro atoms. The Morgan fingerprint density at radius 2 is 1.87 bits per heavy atom. The third-order valence-corrected chi connectivity index (χ3v) is 9.68. The molecule has 0 radical (unpaired) electrons. The van der Waals surface area contributed by atoms with E-state index in [2.05, 4.69) is 47.4 Å². The number of β-amino-alcohol motifs (C(OH)–C–C–N with tert-alkyl or cyclic N) is 1. The first-order valence-corrected chi connectivity index (χ1v) is 14.8. The summed E-state index contributed by atoms with van der Waals surface area (Å²) >= 11 is 0. The lowest BCUT2D eigenvalue weighted by atomic mass is 9.55. The number of unbranched alkanes of at least 4 members (excludes halogenated alkanes) is 2. The molecule has 2 aromatic carbocycles. The fourth-order valence-electron chi connectivity index (χ4n) is 7.11. The molecule has 38 heavy (non-hydrogen) atoms. The van der Waals surface area contributed by atoms with E-state index in [1.54, 1.807) is 7.11 Å². The summed E-state index contributed by atoms with van der Waals surface area (Å²) < 4.78 is 5.59. The molecular formula is C33H46N2O3. The van der Waals surface area contributed by atoms with Gasteiger partial charge in [0.1, 0.15) is 5.75 Å². The van der Waals surface area contributed by atoms with E-state index in [0.29, 0.717) is 6.42 Å². The smallest absolute Gasteiger partial charge is 0.222 e. The predicted octanol–water partition coefficient (Wildman–Crippen LogP) is 5.59. The van der Waals surface area contributed by atoms with E-state index in [1.807, 2.05) is 24.1 Å². The first kappa shape index (κ1) is 27.2. The number of hydrogen-bond donors (Lipinski definition) is 1. The van der Waals surface area contributed by atoms with Gasteiger partial charge in [0.15, 0.2) is 0 Å². The fourth-order valence-corrected chi connectivity index (χ4v) is 7.11. The van der Waals surface area contributed by atoms with Crippen LogP contribution < -0.4 is 4.74 Å². The van der Waals surface area contributed by atoms with Crippen LogP contribution >= 0.6 is 0 Å². The first-order valence-electron chi connectivity index (χ1n) is 14.8. The highest BCUT2D eigenvalue weighted by Gasteiger charge is 2.58. The van der Waals surface area contributed by atoms with Crippen LogP contribution in [0.25, 0.3) is 0 Å². The van der Waals surface area contributed by atoms with Crippen molar-refractivity contribution in [1.82, 2.24) is 9.80 Å². The highest BCUT2D eigenvalue weighted by atomic mass is 16.5. The molecule has 1 N–H and O–H groups in total. The van der Waals surface area contributed by atoms with E-state index in [0.717, 1.165) is 88.2 Å². The third-order valence-electron chi connectivity index (χ3n) is 9.68. The number of amides is 1. The van der Waals surface area contributed by atoms with E-state index >= 15 is 0 Å². The molecule has 206 valence electrons. The second-order valence-corrected chi connectivity index (χ2v) is 12.2. The van der Waals surface area contributed by atoms with Gasteiger partial charge in [-0.15, -0.1) is 0 Å². The predicted molar refractivity (Wildman–Crippen MR) is 152 cm³/mol. The number of nitrogens with zero attached hydrogens (tertiary/aromatic N) is 2. The minimum atomic E-state index is -0.787. The van der Waals surface area contributed by atoms with Gasteiger partial charge < -0.3 is 19.6 Å². The lowest BCUT2D eigenvalue weighted by Crippen LogP contribution is -2.67. The molecule has 5 nitrogen and oxygen atoms in total. The van der Waals surface area contributed by atoms with Gasteiger partial charge in [0.2, 0.25) is 5.91 Å². The van der Waals surface area contributed by atoms with Crippen LogP contribution in [0.15, 0.2) is 54.6 Å². The number of aryl methyl sites for hydroxylation is 1. The molecule has 3 atom stereocenters. The van der Waals surface area contributed by atoms with Crippen molar-refractivity contribution in [2.75, 3.05) is 33.8 Å². The summed E-state index contributed by atoms with van der Waals surface area (Å²) in [6.07, 6.45) is 10.8. The van der Waals surface area contributed by atoms with E-state index in [-0.39, 0.29) is 17.4 Å². The van der Waals surface area contributed by atoms with Crippen LogP contribution in [0.2, 0.25) is 0 Å². The Morgan fingerprint density at radius 1 is 1.05 bits per heavy atom. The largest absolute Gasteiger partial charge is 0.497 e. The highest BCUT2D eigenvalue weighted by molar-refractivity contribution is 5.76. The molecule has 2 aliphatic carbocycles. The molecule has 0 aromatic heterocycles. The van der Waals surface area contributed by atoms with Gasteiger partial charge in [0, 0.05) is 38.0 Å². The van der Waals surface area contributed by atoms with Crippen molar-refractivity contribution < 1.29 is 14.6 Å². The van der Waals surface area contributed by atoms with Crippen LogP contribution in [0, 0.1) is 5.92 Å². The number of hydrogen-bond acceptors (Lipinski definition) is 4. The number of rotatable bonds is 11. The molecule has 1 amide bonds. The van der Waals surface area contributed by atoms with Crippen LogP contribution in [0.5, 0.6) is 5.75 Å². The maximum atomic E-state index is 13.3. The minimum absolute atomic E-state index is 0.147. The summed E-state index contributed by atoms with van der Waals surface area (Å²) in [5.74, 6) is 1.89. The summed E-state index contributed by atoms with van der Waals surface area (Å²) in [5, 5.41) is 12.3. The lowest BCUT2D eigenvalue weighted by molar-refractivity contribution is -0.148. The number of methoxy groups -OCH3 is 1. The number of benzene rings is 2. The maximum absolute atomic E-state index is 13.3. The quantitative estimate of drug-likeness (QED) is 0.394. The average Bonchev–Trinajstić information content (AvgIpc) is 3.76. The van der Waals surface area contributed by atoms with Gasteiger partial charge in [-0.2, -0.15) is 0 Å². The Labute approximate surface area is 229 Å². The van der Waals surface area contributed by atoms with Crippen molar-refractivity contribution in [3.05, 3.63) is 65.7 Å². The van der Waals surface area contributed by atoms with Crippen LogP contribution in [0.4, 0.5) is 0 Å². The molecular weight excluding hydrogens is 472 g/mol. The number of carbonyl (C=O) groups excluding carboxylic acids is 1. The maximum Gasteiger partial charge on any atom is 0.222 e. The third kappa shape index (κ3) is 5.94. The zero-order chi connectivity index (χ0) is 26.6. The summed E-state index contributed by atoms with van der Waals surface area (Å²) in [4.78, 5) is 17.8. The second kappa shape index (κ2) is 11.8. The summed E-state index contributed by atoms with van der Waals surface area (Å²) in [6, 6.07) is 19.1. The molecule has 2 aromatic rings. The Morgan fingerprint density at radius 3 is 2.63 bits per heavy atom. The van der Waals surface area contributed by atoms with Gasteiger partial charge in [-0.1, -0.05) is 48.9 Å². The van der Waals surface area contributed by atoms with Gasteiger partial charge in [0.05, 0.1) is 12.7 Å². The number of aliphatic hydroxyl groups is 1. The van der Waals surface area contributed by atoms with E-state index in [4.69, 9.17) is 4.74 Å². The van der Waals surface area contributed by atoms with Gasteiger partial charge in [-0.05, 0) is 93.5 Å². The summed E-state index contributed by atoms with van der Waals surface area (Å²) in [6.45, 7) is 2.84. The van der Waals surface area contributed by atoms with E-state index < -0.39 is 5.60 Å². The molecule has 3 aliphatic rings. The van der Waals surface area contributed by atoms with Gasteiger partial charge in [-0.3, -0.25) is 4.79 Å². The first-order chi connectivity index (χ1) is 18.4. The number of piperidine rings is 1. The molecule has 1 saturated heterocycles. The summed E-state index contributed by atoms with van der Waals surface area (Å²) in [5.41, 5.74) is 1.38. The van der Waals surface area contributed by atoms with E-state index in [9.17, 15) is 9.90 Å². The van der Waals surface area contributed by atoms with Crippen molar-refractivity contribution in [3.63, 3.8) is 0 Å². The van der Waals surface area contributed by atoms with Crippen molar-refractivity contribution in [1.29, 1.82) is 0 Å².